The molecule has 0 aliphatic carbocycles. The number of cyclic esters (lactones) is 1. The number of methoxy groups -OCH3 is 1. The summed E-state index contributed by atoms with van der Waals surface area (Å²) in [4.78, 5) is 12.6. The van der Waals surface area contributed by atoms with Crippen molar-refractivity contribution in [1.82, 2.24) is 0 Å². The molecule has 3 N–H and O–H groups in total. The van der Waals surface area contributed by atoms with Crippen molar-refractivity contribution in [2.75, 3.05) is 7.11 Å². The number of rotatable bonds is 1. The molecule has 2 aliphatic rings. The minimum atomic E-state index is -0.977. The Bertz CT molecular complexity index is 699. The molecule has 0 bridgehead atoms. The monoisotopic (exact) mass is 364 g/mol. The van der Waals surface area contributed by atoms with E-state index in [1.807, 2.05) is 0 Å². The van der Waals surface area contributed by atoms with E-state index >= 15 is 0 Å². The van der Waals surface area contributed by atoms with E-state index in [0.29, 0.717) is 30.6 Å². The number of hydrogen-bond donors (Lipinski definition) is 3. The maximum atomic E-state index is 12.6. The Labute approximate surface area is 151 Å². The molecule has 3 rings (SSSR count). The van der Waals surface area contributed by atoms with E-state index in [4.69, 9.17) is 14.2 Å². The van der Waals surface area contributed by atoms with Crippen LogP contribution < -0.4 is 4.74 Å². The molecule has 26 heavy (non-hydrogen) atoms. The lowest BCUT2D eigenvalue weighted by Crippen LogP contribution is -2.24. The van der Waals surface area contributed by atoms with E-state index in [9.17, 15) is 20.1 Å². The van der Waals surface area contributed by atoms with Crippen molar-refractivity contribution in [2.45, 2.75) is 56.7 Å². The molecule has 2 heterocycles. The summed E-state index contributed by atoms with van der Waals surface area (Å²) in [6.45, 7) is 1.72. The van der Waals surface area contributed by atoms with Gasteiger partial charge in [-0.3, -0.25) is 0 Å². The number of aromatic hydroxyl groups is 1. The summed E-state index contributed by atoms with van der Waals surface area (Å²) in [6.07, 6.45) is 1.49. The van der Waals surface area contributed by atoms with E-state index in [2.05, 4.69) is 0 Å². The van der Waals surface area contributed by atoms with Gasteiger partial charge in [0.1, 0.15) is 29.3 Å². The van der Waals surface area contributed by atoms with Crippen molar-refractivity contribution in [2.24, 2.45) is 0 Å². The molecule has 5 atom stereocenters. The first-order chi connectivity index (χ1) is 12.4. The standard InChI is InChI=1S/C19H24O7/c1-10-4-3-5-13(20)14(21)6-7-16-18(26-16)12-8-11(24-2)9-15(22)17(12)19(23)25-10/h3,5,8-10,13-14,16,18,20-22H,4,6-7H2,1-2H3/b5-3+/t10-,13?,14-,16+,18+/m0/s1. The second-order valence-corrected chi connectivity index (χ2v) is 6.72. The molecule has 0 spiro atoms. The van der Waals surface area contributed by atoms with Crippen molar-refractivity contribution < 1.29 is 34.3 Å². The lowest BCUT2D eigenvalue weighted by Gasteiger charge is -2.17. The molecule has 142 valence electrons. The first kappa shape index (κ1) is 18.7. The van der Waals surface area contributed by atoms with Crippen LogP contribution in [0.5, 0.6) is 11.5 Å². The highest BCUT2D eigenvalue weighted by Crippen LogP contribution is 2.46. The summed E-state index contributed by atoms with van der Waals surface area (Å²) in [5.41, 5.74) is 0.582. The highest BCUT2D eigenvalue weighted by molar-refractivity contribution is 5.95. The molecule has 0 radical (unpaired) electrons. The fourth-order valence-electron chi connectivity index (χ4n) is 3.16. The Morgan fingerprint density at radius 3 is 2.73 bits per heavy atom. The number of aliphatic hydroxyl groups excluding tert-OH is 2. The molecule has 0 aromatic heterocycles. The van der Waals surface area contributed by atoms with Crippen LogP contribution in [0.2, 0.25) is 0 Å². The van der Waals surface area contributed by atoms with E-state index in [1.54, 1.807) is 19.1 Å². The third kappa shape index (κ3) is 4.00. The molecule has 1 saturated heterocycles. The molecule has 1 unspecified atom stereocenters. The van der Waals surface area contributed by atoms with Crippen LogP contribution >= 0.6 is 0 Å². The Morgan fingerprint density at radius 2 is 2.00 bits per heavy atom. The van der Waals surface area contributed by atoms with Gasteiger partial charge in [0.2, 0.25) is 0 Å². The summed E-state index contributed by atoms with van der Waals surface area (Å²) >= 11 is 0. The van der Waals surface area contributed by atoms with Gasteiger partial charge in [0.05, 0.1) is 25.4 Å². The molecular weight excluding hydrogens is 340 g/mol. The first-order valence-corrected chi connectivity index (χ1v) is 8.70. The van der Waals surface area contributed by atoms with Crippen molar-refractivity contribution >= 4 is 5.97 Å². The van der Waals surface area contributed by atoms with Crippen LogP contribution in [0.4, 0.5) is 0 Å². The number of ether oxygens (including phenoxy) is 3. The van der Waals surface area contributed by atoms with Gasteiger partial charge in [0.25, 0.3) is 0 Å². The normalized spacial score (nSPS) is 33.2. The fourth-order valence-corrected chi connectivity index (χ4v) is 3.16. The zero-order valence-corrected chi connectivity index (χ0v) is 14.8. The number of phenols is 1. The zero-order chi connectivity index (χ0) is 18.8. The maximum Gasteiger partial charge on any atom is 0.342 e. The molecule has 1 fully saturated rings. The predicted octanol–water partition coefficient (Wildman–Crippen LogP) is 1.85. The first-order valence-electron chi connectivity index (χ1n) is 8.70. The Morgan fingerprint density at radius 1 is 1.23 bits per heavy atom. The van der Waals surface area contributed by atoms with Gasteiger partial charge in [-0.15, -0.1) is 0 Å². The average molecular weight is 364 g/mol. The minimum absolute atomic E-state index is 0.0757. The van der Waals surface area contributed by atoms with Gasteiger partial charge in [-0.05, 0) is 25.8 Å². The second kappa shape index (κ2) is 7.65. The molecule has 1 aromatic rings. The highest BCUT2D eigenvalue weighted by Gasteiger charge is 2.43. The van der Waals surface area contributed by atoms with E-state index in [1.165, 1.54) is 19.3 Å². The van der Waals surface area contributed by atoms with Gasteiger partial charge in [0.15, 0.2) is 0 Å². The Balaban J connectivity index is 1.94. The molecule has 0 saturated carbocycles. The topological polar surface area (TPSA) is 109 Å². The molecule has 7 nitrogen and oxygen atoms in total. The largest absolute Gasteiger partial charge is 0.507 e. The molecule has 7 heteroatoms. The number of carbonyl (C=O) groups excluding carboxylic acids is 1. The zero-order valence-electron chi connectivity index (χ0n) is 14.8. The van der Waals surface area contributed by atoms with E-state index in [0.717, 1.165) is 0 Å². The Kier molecular flexibility index (Phi) is 5.50. The van der Waals surface area contributed by atoms with Gasteiger partial charge < -0.3 is 29.5 Å². The van der Waals surface area contributed by atoms with Crippen LogP contribution in [0.3, 0.4) is 0 Å². The number of hydrogen-bond acceptors (Lipinski definition) is 7. The van der Waals surface area contributed by atoms with Gasteiger partial charge in [-0.25, -0.2) is 4.79 Å². The van der Waals surface area contributed by atoms with Gasteiger partial charge in [-0.1, -0.05) is 12.2 Å². The fraction of sp³-hybridized carbons (Fsp3) is 0.526. The minimum Gasteiger partial charge on any atom is -0.507 e. The quantitative estimate of drug-likeness (QED) is 0.396. The molecule has 2 aliphatic heterocycles. The van der Waals surface area contributed by atoms with Crippen LogP contribution in [-0.4, -0.2) is 52.8 Å². The SMILES string of the molecule is COc1cc(O)c2c(c1)[C@H]1O[C@@H]1CC[C@H](O)C(O)/C=C/C[C@H](C)OC2=O. The van der Waals surface area contributed by atoms with Crippen LogP contribution in [0.25, 0.3) is 0 Å². The summed E-state index contributed by atoms with van der Waals surface area (Å²) in [7, 11) is 1.47. The third-order valence-electron chi connectivity index (χ3n) is 4.70. The average Bonchev–Trinajstić information content (AvgIpc) is 3.37. The van der Waals surface area contributed by atoms with Crippen LogP contribution in [0.15, 0.2) is 24.3 Å². The summed E-state index contributed by atoms with van der Waals surface area (Å²) in [5.74, 6) is -0.437. The molecular formula is C19H24O7. The smallest absolute Gasteiger partial charge is 0.342 e. The van der Waals surface area contributed by atoms with Gasteiger partial charge >= 0.3 is 5.97 Å². The molecule has 1 aromatic carbocycles. The third-order valence-corrected chi connectivity index (χ3v) is 4.70. The number of esters is 1. The van der Waals surface area contributed by atoms with Crippen molar-refractivity contribution in [3.05, 3.63) is 35.4 Å². The van der Waals surface area contributed by atoms with Crippen LogP contribution in [0.1, 0.15) is 48.2 Å². The molecule has 0 amide bonds. The summed E-state index contributed by atoms with van der Waals surface area (Å²) in [6, 6.07) is 3.02. The number of benzene rings is 1. The van der Waals surface area contributed by atoms with Gasteiger partial charge in [-0.2, -0.15) is 0 Å². The van der Waals surface area contributed by atoms with E-state index < -0.39 is 30.4 Å². The summed E-state index contributed by atoms with van der Waals surface area (Å²) in [5, 5.41) is 30.3. The van der Waals surface area contributed by atoms with Crippen LogP contribution in [-0.2, 0) is 9.47 Å². The number of carbonyl (C=O) groups is 1. The number of fused-ring (bicyclic) bond motifs is 3. The second-order valence-electron chi connectivity index (χ2n) is 6.72. The highest BCUT2D eigenvalue weighted by atomic mass is 16.6. The number of epoxide rings is 1. The van der Waals surface area contributed by atoms with Gasteiger partial charge in [0, 0.05) is 18.1 Å². The maximum absolute atomic E-state index is 12.6. The predicted molar refractivity (Wildman–Crippen MR) is 92.2 cm³/mol. The van der Waals surface area contributed by atoms with Crippen molar-refractivity contribution in [3.63, 3.8) is 0 Å². The lowest BCUT2D eigenvalue weighted by atomic mass is 9.98. The summed E-state index contributed by atoms with van der Waals surface area (Å²) < 4.78 is 16.2. The van der Waals surface area contributed by atoms with Crippen LogP contribution in [0, 0.1) is 0 Å². The van der Waals surface area contributed by atoms with E-state index in [-0.39, 0.29) is 17.4 Å². The van der Waals surface area contributed by atoms with Crippen molar-refractivity contribution in [1.29, 1.82) is 0 Å². The lowest BCUT2D eigenvalue weighted by molar-refractivity contribution is 0.0332. The number of aliphatic hydroxyl groups is 2. The Hall–Kier alpha value is -2.09. The number of phenolic OH excluding ortho intramolecular Hbond substituents is 1. The van der Waals surface area contributed by atoms with Crippen molar-refractivity contribution in [3.8, 4) is 11.5 Å².